The largest absolute Gasteiger partial charge is 0.298 e. The number of benzene rings is 2. The third kappa shape index (κ3) is 4.51. The molecule has 0 radical (unpaired) electrons. The summed E-state index contributed by atoms with van der Waals surface area (Å²) in [5.41, 5.74) is 0.688. The first-order chi connectivity index (χ1) is 9.19. The Morgan fingerprint density at radius 3 is 1.84 bits per heavy atom. The van der Waals surface area contributed by atoms with E-state index in [0.717, 1.165) is 11.8 Å². The summed E-state index contributed by atoms with van der Waals surface area (Å²) in [5.74, 6) is 0. The van der Waals surface area contributed by atoms with Crippen LogP contribution in [0, 0.1) is 10.1 Å². The van der Waals surface area contributed by atoms with Gasteiger partial charge in [0.1, 0.15) is 6.29 Å². The van der Waals surface area contributed by atoms with Gasteiger partial charge >= 0.3 is 0 Å². The first-order valence-electron chi connectivity index (χ1n) is 5.38. The van der Waals surface area contributed by atoms with Crippen LogP contribution in [0.4, 0.5) is 5.69 Å². The lowest BCUT2D eigenvalue weighted by molar-refractivity contribution is -0.385. The second-order valence-electron chi connectivity index (χ2n) is 3.46. The molecule has 2 aromatic rings. The number of carbonyl (C=O) groups is 2. The van der Waals surface area contributed by atoms with Gasteiger partial charge in [-0.2, -0.15) is 0 Å². The minimum absolute atomic E-state index is 0.109. The van der Waals surface area contributed by atoms with E-state index >= 15 is 0 Å². The number of carbonyl (C=O) groups excluding carboxylic acids is 2. The van der Waals surface area contributed by atoms with Gasteiger partial charge in [-0.3, -0.25) is 19.7 Å². The summed E-state index contributed by atoms with van der Waals surface area (Å²) >= 11 is 0. The summed E-state index contributed by atoms with van der Waals surface area (Å²) in [6.07, 6.45) is 1.30. The normalized spacial score (nSPS) is 8.84. The molecular formula is C14H11NO4. The number of nitrogens with zero attached hydrogens (tertiary/aromatic N) is 1. The molecule has 0 N–H and O–H groups in total. The van der Waals surface area contributed by atoms with Crippen molar-refractivity contribution in [2.24, 2.45) is 0 Å². The minimum Gasteiger partial charge on any atom is -0.298 e. The van der Waals surface area contributed by atoms with E-state index in [1.807, 2.05) is 18.2 Å². The topological polar surface area (TPSA) is 77.3 Å². The molecule has 0 aromatic heterocycles. The van der Waals surface area contributed by atoms with Crippen molar-refractivity contribution in [3.8, 4) is 0 Å². The number of hydrogen-bond acceptors (Lipinski definition) is 4. The first-order valence-corrected chi connectivity index (χ1v) is 5.38. The molecular weight excluding hydrogens is 246 g/mol. The Bertz CT molecular complexity index is 567. The van der Waals surface area contributed by atoms with Crippen LogP contribution < -0.4 is 0 Å². The quantitative estimate of drug-likeness (QED) is 0.481. The number of nitro benzene ring substituents is 1. The van der Waals surface area contributed by atoms with Crippen molar-refractivity contribution in [1.82, 2.24) is 0 Å². The molecule has 19 heavy (non-hydrogen) atoms. The van der Waals surface area contributed by atoms with E-state index in [2.05, 4.69) is 0 Å². The highest BCUT2D eigenvalue weighted by molar-refractivity contribution is 5.81. The lowest BCUT2D eigenvalue weighted by Gasteiger charge is -1.91. The van der Waals surface area contributed by atoms with Gasteiger partial charge in [-0.25, -0.2) is 0 Å². The van der Waals surface area contributed by atoms with Crippen molar-refractivity contribution in [2.45, 2.75) is 0 Å². The van der Waals surface area contributed by atoms with Crippen LogP contribution in [0.3, 0.4) is 0 Å². The molecule has 0 fully saturated rings. The van der Waals surface area contributed by atoms with Crippen LogP contribution >= 0.6 is 0 Å². The lowest BCUT2D eigenvalue weighted by Crippen LogP contribution is -1.92. The van der Waals surface area contributed by atoms with Crippen LogP contribution in [0.15, 0.2) is 54.6 Å². The molecule has 96 valence electrons. The number of rotatable bonds is 3. The summed E-state index contributed by atoms with van der Waals surface area (Å²) in [7, 11) is 0. The molecule has 0 spiro atoms. The average molecular weight is 257 g/mol. The van der Waals surface area contributed by atoms with Crippen LogP contribution in [0.1, 0.15) is 20.7 Å². The van der Waals surface area contributed by atoms with Gasteiger partial charge in [-0.05, 0) is 6.07 Å². The zero-order valence-corrected chi connectivity index (χ0v) is 9.93. The Labute approximate surface area is 109 Å². The highest BCUT2D eigenvalue weighted by Crippen LogP contribution is 2.14. The van der Waals surface area contributed by atoms with Crippen molar-refractivity contribution >= 4 is 18.3 Å². The summed E-state index contributed by atoms with van der Waals surface area (Å²) in [4.78, 5) is 29.9. The van der Waals surface area contributed by atoms with Crippen LogP contribution in [-0.4, -0.2) is 17.5 Å². The lowest BCUT2D eigenvalue weighted by atomic mass is 10.2. The fraction of sp³-hybridized carbons (Fsp3) is 0. The van der Waals surface area contributed by atoms with Crippen molar-refractivity contribution in [1.29, 1.82) is 0 Å². The van der Waals surface area contributed by atoms with E-state index in [4.69, 9.17) is 0 Å². The second-order valence-corrected chi connectivity index (χ2v) is 3.46. The molecule has 0 saturated carbocycles. The fourth-order valence-electron chi connectivity index (χ4n) is 1.29. The highest BCUT2D eigenvalue weighted by Gasteiger charge is 2.09. The molecule has 0 aliphatic rings. The third-order valence-electron chi connectivity index (χ3n) is 2.20. The third-order valence-corrected chi connectivity index (χ3v) is 2.20. The van der Waals surface area contributed by atoms with Gasteiger partial charge in [-0.15, -0.1) is 0 Å². The standard InChI is InChI=1S/C7H5NO3.C7H6O/c9-5-6-3-1-2-4-7(6)8(10)11;8-6-7-4-2-1-3-5-7/h1-5H;1-6H. The Morgan fingerprint density at radius 1 is 0.842 bits per heavy atom. The van der Waals surface area contributed by atoms with Gasteiger partial charge in [0.15, 0.2) is 6.29 Å². The Hall–Kier alpha value is -2.82. The van der Waals surface area contributed by atoms with Crippen LogP contribution in [-0.2, 0) is 0 Å². The molecule has 0 bridgehead atoms. The zero-order valence-electron chi connectivity index (χ0n) is 9.93. The van der Waals surface area contributed by atoms with Gasteiger partial charge in [0.2, 0.25) is 0 Å². The van der Waals surface area contributed by atoms with Crippen molar-refractivity contribution in [3.05, 3.63) is 75.8 Å². The van der Waals surface area contributed by atoms with Crippen molar-refractivity contribution in [3.63, 3.8) is 0 Å². The van der Waals surface area contributed by atoms with Crippen molar-refractivity contribution < 1.29 is 14.5 Å². The Balaban J connectivity index is 0.000000200. The monoisotopic (exact) mass is 257 g/mol. The molecule has 5 nitrogen and oxygen atoms in total. The maximum Gasteiger partial charge on any atom is 0.279 e. The minimum atomic E-state index is -0.580. The molecule has 0 unspecified atom stereocenters. The average Bonchev–Trinajstić information content (AvgIpc) is 2.48. The van der Waals surface area contributed by atoms with Crippen LogP contribution in [0.5, 0.6) is 0 Å². The zero-order chi connectivity index (χ0) is 14.1. The van der Waals surface area contributed by atoms with Crippen LogP contribution in [0.25, 0.3) is 0 Å². The molecule has 5 heteroatoms. The summed E-state index contributed by atoms with van der Waals surface area (Å²) in [5, 5.41) is 10.2. The molecule has 0 amide bonds. The number of para-hydroxylation sites is 1. The number of nitro groups is 1. The van der Waals surface area contributed by atoms with E-state index in [9.17, 15) is 19.7 Å². The molecule has 0 aliphatic heterocycles. The van der Waals surface area contributed by atoms with E-state index < -0.39 is 4.92 Å². The molecule has 0 aliphatic carbocycles. The smallest absolute Gasteiger partial charge is 0.279 e. The second kappa shape index (κ2) is 7.50. The van der Waals surface area contributed by atoms with Gasteiger partial charge in [0, 0.05) is 11.6 Å². The summed E-state index contributed by atoms with van der Waals surface area (Å²) in [6, 6.07) is 14.9. The van der Waals surface area contributed by atoms with E-state index in [0.29, 0.717) is 6.29 Å². The SMILES string of the molecule is O=Cc1ccccc1.O=Cc1ccccc1[N+](=O)[O-]. The first kappa shape index (κ1) is 14.2. The summed E-state index contributed by atoms with van der Waals surface area (Å²) in [6.45, 7) is 0. The highest BCUT2D eigenvalue weighted by atomic mass is 16.6. The molecule has 0 saturated heterocycles. The van der Waals surface area contributed by atoms with Crippen LogP contribution in [0.2, 0.25) is 0 Å². The molecule has 2 rings (SSSR count). The summed E-state index contributed by atoms with van der Waals surface area (Å²) < 4.78 is 0. The molecule has 2 aromatic carbocycles. The van der Waals surface area contributed by atoms with Crippen molar-refractivity contribution in [2.75, 3.05) is 0 Å². The van der Waals surface area contributed by atoms with E-state index in [-0.39, 0.29) is 11.3 Å². The molecule has 0 heterocycles. The van der Waals surface area contributed by atoms with Gasteiger partial charge in [0.05, 0.1) is 10.5 Å². The predicted octanol–water partition coefficient (Wildman–Crippen LogP) is 2.91. The van der Waals surface area contributed by atoms with E-state index in [1.54, 1.807) is 18.2 Å². The fourth-order valence-corrected chi connectivity index (χ4v) is 1.29. The molecule has 0 atom stereocenters. The van der Waals surface area contributed by atoms with Gasteiger partial charge in [0.25, 0.3) is 5.69 Å². The number of aldehydes is 2. The Morgan fingerprint density at radius 2 is 1.42 bits per heavy atom. The van der Waals surface area contributed by atoms with Gasteiger partial charge < -0.3 is 0 Å². The Kier molecular flexibility index (Phi) is 5.62. The van der Waals surface area contributed by atoms with E-state index in [1.165, 1.54) is 18.2 Å². The predicted molar refractivity (Wildman–Crippen MR) is 70.3 cm³/mol. The maximum absolute atomic E-state index is 10.2. The number of hydrogen-bond donors (Lipinski definition) is 0. The maximum atomic E-state index is 10.2. The van der Waals surface area contributed by atoms with Gasteiger partial charge in [-0.1, -0.05) is 42.5 Å².